The summed E-state index contributed by atoms with van der Waals surface area (Å²) in [6.45, 7) is 2.69. The van der Waals surface area contributed by atoms with Crippen molar-refractivity contribution in [1.29, 1.82) is 0 Å². The van der Waals surface area contributed by atoms with Crippen LogP contribution in [0.15, 0.2) is 76.4 Å². The third-order valence-corrected chi connectivity index (χ3v) is 6.09. The minimum Gasteiger partial charge on any atom is -0.455 e. The van der Waals surface area contributed by atoms with Crippen LogP contribution in [-0.4, -0.2) is 40.4 Å². The van der Waals surface area contributed by atoms with Gasteiger partial charge in [0.2, 0.25) is 0 Å². The number of para-hydroxylation sites is 1. The monoisotopic (exact) mass is 463 g/mol. The fourth-order valence-corrected chi connectivity index (χ4v) is 4.62. The van der Waals surface area contributed by atoms with E-state index in [4.69, 9.17) is 14.2 Å². The van der Waals surface area contributed by atoms with Crippen LogP contribution in [-0.2, 0) is 32.2 Å². The molecule has 0 spiro atoms. The molecule has 0 aliphatic carbocycles. The van der Waals surface area contributed by atoms with E-state index < -0.39 is 41.8 Å². The number of fused-ring (bicyclic) bond motifs is 2. The Labute approximate surface area is 195 Å². The van der Waals surface area contributed by atoms with E-state index in [-0.39, 0.29) is 6.61 Å². The molecule has 3 heterocycles. The van der Waals surface area contributed by atoms with Gasteiger partial charge in [-0.15, -0.1) is 0 Å². The highest BCUT2D eigenvalue weighted by Crippen LogP contribution is 2.37. The van der Waals surface area contributed by atoms with Crippen molar-refractivity contribution in [1.82, 2.24) is 9.55 Å². The number of rotatable bonds is 4. The minimum absolute atomic E-state index is 0.289. The quantitative estimate of drug-likeness (QED) is 0.590. The van der Waals surface area contributed by atoms with E-state index in [1.807, 2.05) is 42.5 Å². The van der Waals surface area contributed by atoms with E-state index in [1.165, 1.54) is 23.8 Å². The summed E-state index contributed by atoms with van der Waals surface area (Å²) in [4.78, 5) is 40.5. The minimum atomic E-state index is -0.942. The number of carbonyl (C=O) groups is 1. The number of nitrogens with zero attached hydrogens (tertiary/aromatic N) is 2. The molecule has 1 fully saturated rings. The first-order valence-corrected chi connectivity index (χ1v) is 11.1. The van der Waals surface area contributed by atoms with Crippen LogP contribution >= 0.6 is 0 Å². The van der Waals surface area contributed by atoms with Gasteiger partial charge >= 0.3 is 11.7 Å². The number of aromatic amines is 1. The standard InChI is InChI=1S/C25H25N3O6/c1-16(29)33-23-22-20(34-24(23)28-12-11-21(30)26-25(28)31)14-27(13-17-7-3-2-4-8-17)19-10-6-5-9-18(19)15-32-22/h2-12,20,22-24H,13-15H2,1H3,(H,26,30,31)/t20-,22+,23-,24-/m1/s1. The summed E-state index contributed by atoms with van der Waals surface area (Å²) in [7, 11) is 0. The van der Waals surface area contributed by atoms with E-state index in [9.17, 15) is 14.4 Å². The Morgan fingerprint density at radius 2 is 1.85 bits per heavy atom. The summed E-state index contributed by atoms with van der Waals surface area (Å²) < 4.78 is 19.4. The molecule has 2 aromatic carbocycles. The predicted molar refractivity (Wildman–Crippen MR) is 123 cm³/mol. The Balaban J connectivity index is 1.52. The van der Waals surface area contributed by atoms with Crippen molar-refractivity contribution in [2.24, 2.45) is 0 Å². The summed E-state index contributed by atoms with van der Waals surface area (Å²) in [5.41, 5.74) is 2.01. The first-order valence-electron chi connectivity index (χ1n) is 11.1. The first-order chi connectivity index (χ1) is 16.5. The van der Waals surface area contributed by atoms with Crippen LogP contribution in [0.25, 0.3) is 0 Å². The number of esters is 1. The van der Waals surface area contributed by atoms with Gasteiger partial charge in [0, 0.05) is 43.5 Å². The van der Waals surface area contributed by atoms with Gasteiger partial charge < -0.3 is 19.1 Å². The maximum Gasteiger partial charge on any atom is 0.330 e. The lowest BCUT2D eigenvalue weighted by atomic mass is 10.0. The summed E-state index contributed by atoms with van der Waals surface area (Å²) in [5, 5.41) is 0. The van der Waals surface area contributed by atoms with Crippen molar-refractivity contribution in [2.45, 2.75) is 44.6 Å². The Bertz CT molecular complexity index is 1290. The molecule has 1 aromatic heterocycles. The Morgan fingerprint density at radius 3 is 2.62 bits per heavy atom. The van der Waals surface area contributed by atoms with Crippen LogP contribution in [0.2, 0.25) is 0 Å². The molecule has 0 amide bonds. The molecule has 9 nitrogen and oxygen atoms in total. The number of ether oxygens (including phenoxy) is 3. The lowest BCUT2D eigenvalue weighted by Crippen LogP contribution is -2.45. The molecule has 1 saturated heterocycles. The lowest BCUT2D eigenvalue weighted by molar-refractivity contribution is -0.158. The first kappa shape index (κ1) is 22.1. The zero-order valence-corrected chi connectivity index (χ0v) is 18.6. The van der Waals surface area contributed by atoms with Crippen molar-refractivity contribution in [3.05, 3.63) is 98.8 Å². The van der Waals surface area contributed by atoms with Gasteiger partial charge in [0.05, 0.1) is 6.61 Å². The zero-order chi connectivity index (χ0) is 23.7. The number of benzene rings is 2. The van der Waals surface area contributed by atoms with Gasteiger partial charge in [-0.1, -0.05) is 48.5 Å². The molecule has 1 N–H and O–H groups in total. The fourth-order valence-electron chi connectivity index (χ4n) is 4.62. The van der Waals surface area contributed by atoms with Crippen LogP contribution in [0.1, 0.15) is 24.3 Å². The van der Waals surface area contributed by atoms with Gasteiger partial charge in [0.1, 0.15) is 12.2 Å². The molecule has 176 valence electrons. The van der Waals surface area contributed by atoms with Gasteiger partial charge in [0.15, 0.2) is 12.3 Å². The summed E-state index contributed by atoms with van der Waals surface area (Å²) in [6.07, 6.45) is -1.57. The SMILES string of the molecule is CC(=O)O[C@@H]1[C@H]2OCc3ccccc3N(Cc3ccccc3)C[C@H]2O[C@H]1n1ccc(=O)[nH]c1=O. The average molecular weight is 463 g/mol. The van der Waals surface area contributed by atoms with Gasteiger partial charge in [-0.25, -0.2) is 4.79 Å². The second-order valence-corrected chi connectivity index (χ2v) is 8.43. The van der Waals surface area contributed by atoms with E-state index in [0.29, 0.717) is 13.1 Å². The number of hydrogen-bond acceptors (Lipinski definition) is 7. The van der Waals surface area contributed by atoms with E-state index >= 15 is 0 Å². The van der Waals surface area contributed by atoms with Crippen molar-refractivity contribution in [3.8, 4) is 0 Å². The van der Waals surface area contributed by atoms with Crippen LogP contribution in [0, 0.1) is 0 Å². The third kappa shape index (κ3) is 4.40. The number of carbonyl (C=O) groups excluding carboxylic acids is 1. The van der Waals surface area contributed by atoms with Crippen LogP contribution in [0.5, 0.6) is 0 Å². The number of aromatic nitrogens is 2. The van der Waals surface area contributed by atoms with Crippen molar-refractivity contribution < 1.29 is 19.0 Å². The summed E-state index contributed by atoms with van der Waals surface area (Å²) in [5.74, 6) is -0.510. The topological polar surface area (TPSA) is 103 Å². The fraction of sp³-hybridized carbons (Fsp3) is 0.320. The van der Waals surface area contributed by atoms with Gasteiger partial charge in [-0.2, -0.15) is 0 Å². The second-order valence-electron chi connectivity index (χ2n) is 8.43. The molecule has 2 aliphatic heterocycles. The number of anilines is 1. The molecule has 4 atom stereocenters. The van der Waals surface area contributed by atoms with Crippen molar-refractivity contribution in [2.75, 3.05) is 11.4 Å². The molecule has 0 radical (unpaired) electrons. The van der Waals surface area contributed by atoms with E-state index in [2.05, 4.69) is 22.0 Å². The highest BCUT2D eigenvalue weighted by atomic mass is 16.6. The summed E-state index contributed by atoms with van der Waals surface area (Å²) in [6, 6.07) is 19.3. The Morgan fingerprint density at radius 1 is 1.09 bits per heavy atom. The van der Waals surface area contributed by atoms with Gasteiger partial charge in [-0.05, 0) is 11.6 Å². The van der Waals surface area contributed by atoms with Gasteiger partial charge in [0.25, 0.3) is 5.56 Å². The third-order valence-electron chi connectivity index (χ3n) is 6.09. The van der Waals surface area contributed by atoms with Crippen LogP contribution in [0.3, 0.4) is 0 Å². The molecular formula is C25H25N3O6. The highest BCUT2D eigenvalue weighted by Gasteiger charge is 2.50. The molecule has 3 aromatic rings. The summed E-state index contributed by atoms with van der Waals surface area (Å²) >= 11 is 0. The number of hydrogen-bond donors (Lipinski definition) is 1. The molecular weight excluding hydrogens is 438 g/mol. The largest absolute Gasteiger partial charge is 0.455 e. The van der Waals surface area contributed by atoms with Crippen LogP contribution < -0.4 is 16.1 Å². The Hall–Kier alpha value is -3.69. The molecule has 0 saturated carbocycles. The number of nitrogens with one attached hydrogen (secondary N) is 1. The Kier molecular flexibility index (Phi) is 6.04. The maximum atomic E-state index is 12.5. The predicted octanol–water partition coefficient (Wildman–Crippen LogP) is 1.97. The molecule has 5 rings (SSSR count). The normalized spacial score (nSPS) is 24.0. The van der Waals surface area contributed by atoms with Gasteiger partial charge in [-0.3, -0.25) is 19.1 Å². The molecule has 2 aliphatic rings. The smallest absolute Gasteiger partial charge is 0.330 e. The lowest BCUT2D eigenvalue weighted by Gasteiger charge is -2.34. The second kappa shape index (κ2) is 9.28. The molecule has 9 heteroatoms. The van der Waals surface area contributed by atoms with Crippen molar-refractivity contribution in [3.63, 3.8) is 0 Å². The number of H-pyrrole nitrogens is 1. The van der Waals surface area contributed by atoms with E-state index in [1.54, 1.807) is 0 Å². The molecule has 0 unspecified atom stereocenters. The zero-order valence-electron chi connectivity index (χ0n) is 18.6. The van der Waals surface area contributed by atoms with Crippen LogP contribution in [0.4, 0.5) is 5.69 Å². The van der Waals surface area contributed by atoms with E-state index in [0.717, 1.165) is 16.8 Å². The molecule has 34 heavy (non-hydrogen) atoms. The van der Waals surface area contributed by atoms with Crippen molar-refractivity contribution >= 4 is 11.7 Å². The molecule has 0 bridgehead atoms. The maximum absolute atomic E-state index is 12.5. The average Bonchev–Trinajstić information content (AvgIpc) is 3.12. The highest BCUT2D eigenvalue weighted by molar-refractivity contribution is 5.66.